The van der Waals surface area contributed by atoms with Gasteiger partial charge < -0.3 is 9.52 Å². The average molecular weight is 190 g/mol. The largest absolute Gasteiger partial charge is 0.481 e. The highest BCUT2D eigenvalue weighted by Crippen LogP contribution is 2.23. The predicted octanol–water partition coefficient (Wildman–Crippen LogP) is 2.37. The Morgan fingerprint density at radius 1 is 1.50 bits per heavy atom. The van der Waals surface area contributed by atoms with E-state index >= 15 is 0 Å². The molecule has 0 bridgehead atoms. The predicted molar refractivity (Wildman–Crippen MR) is 52.3 cm³/mol. The summed E-state index contributed by atoms with van der Waals surface area (Å²) in [5.74, 6) is -0.841. The van der Waals surface area contributed by atoms with Crippen molar-refractivity contribution in [3.63, 3.8) is 0 Å². The van der Waals surface area contributed by atoms with Crippen molar-refractivity contribution in [1.82, 2.24) is 0 Å². The third-order valence-electron chi connectivity index (χ3n) is 2.22. The molecule has 1 aromatic heterocycles. The van der Waals surface area contributed by atoms with Crippen molar-refractivity contribution in [3.05, 3.63) is 35.6 Å². The van der Waals surface area contributed by atoms with Crippen LogP contribution in [0.4, 0.5) is 0 Å². The van der Waals surface area contributed by atoms with Crippen molar-refractivity contribution in [2.45, 2.75) is 13.3 Å². The molecule has 3 nitrogen and oxygen atoms in total. The summed E-state index contributed by atoms with van der Waals surface area (Å²) in [5, 5.41) is 9.68. The molecular formula is C11H10O3. The van der Waals surface area contributed by atoms with Crippen LogP contribution in [0.2, 0.25) is 0 Å². The summed E-state index contributed by atoms with van der Waals surface area (Å²) in [5.41, 5.74) is 2.45. The molecule has 0 unspecified atom stereocenters. The number of furan rings is 1. The Kier molecular flexibility index (Phi) is 2.00. The van der Waals surface area contributed by atoms with E-state index in [1.54, 1.807) is 12.3 Å². The van der Waals surface area contributed by atoms with Crippen LogP contribution in [0.3, 0.4) is 0 Å². The Morgan fingerprint density at radius 2 is 2.29 bits per heavy atom. The number of carboxylic acids is 1. The van der Waals surface area contributed by atoms with Crippen molar-refractivity contribution in [3.8, 4) is 0 Å². The molecule has 1 N–H and O–H groups in total. The van der Waals surface area contributed by atoms with Gasteiger partial charge in [0.15, 0.2) is 0 Å². The highest BCUT2D eigenvalue weighted by Gasteiger charge is 2.09. The Labute approximate surface area is 81.0 Å². The first-order valence-corrected chi connectivity index (χ1v) is 4.36. The minimum atomic E-state index is -0.841. The van der Waals surface area contributed by atoms with Gasteiger partial charge in [0.25, 0.3) is 0 Å². The molecule has 0 aliphatic rings. The molecular weight excluding hydrogens is 180 g/mol. The molecule has 0 saturated heterocycles. The number of aliphatic carboxylic acids is 1. The molecule has 0 aliphatic heterocycles. The number of hydrogen-bond acceptors (Lipinski definition) is 2. The summed E-state index contributed by atoms with van der Waals surface area (Å²) in [7, 11) is 0. The molecule has 0 aliphatic carbocycles. The first-order chi connectivity index (χ1) is 6.68. The summed E-state index contributed by atoms with van der Waals surface area (Å²) in [6.07, 6.45) is 1.65. The van der Waals surface area contributed by atoms with E-state index in [0.29, 0.717) is 5.58 Å². The fourth-order valence-electron chi connectivity index (χ4n) is 1.55. The maximum Gasteiger partial charge on any atom is 0.307 e. The van der Waals surface area contributed by atoms with E-state index in [1.807, 2.05) is 19.1 Å². The van der Waals surface area contributed by atoms with Crippen molar-refractivity contribution in [2.75, 3.05) is 0 Å². The molecule has 14 heavy (non-hydrogen) atoms. The summed E-state index contributed by atoms with van der Waals surface area (Å²) >= 11 is 0. The molecule has 3 heteroatoms. The topological polar surface area (TPSA) is 50.4 Å². The summed E-state index contributed by atoms with van der Waals surface area (Å²) in [6, 6.07) is 5.56. The molecule has 0 fully saturated rings. The molecule has 72 valence electrons. The van der Waals surface area contributed by atoms with Crippen molar-refractivity contribution in [2.24, 2.45) is 0 Å². The van der Waals surface area contributed by atoms with E-state index in [9.17, 15) is 4.79 Å². The molecule has 1 aromatic carbocycles. The summed E-state index contributed by atoms with van der Waals surface area (Å²) < 4.78 is 5.32. The van der Waals surface area contributed by atoms with Crippen LogP contribution in [-0.4, -0.2) is 11.1 Å². The second-order valence-electron chi connectivity index (χ2n) is 3.28. The van der Waals surface area contributed by atoms with Crippen LogP contribution in [0, 0.1) is 6.92 Å². The number of rotatable bonds is 2. The van der Waals surface area contributed by atoms with Gasteiger partial charge in [-0.15, -0.1) is 0 Å². The van der Waals surface area contributed by atoms with Crippen LogP contribution in [0.15, 0.2) is 28.9 Å². The molecule has 2 aromatic rings. The molecule has 0 saturated carbocycles. The van der Waals surface area contributed by atoms with Crippen molar-refractivity contribution < 1.29 is 14.3 Å². The standard InChI is InChI=1S/C11H10O3/c1-7-6-14-11-8(5-10(12)13)3-2-4-9(7)11/h2-4,6H,5H2,1H3,(H,12,13). The molecule has 0 atom stereocenters. The van der Waals surface area contributed by atoms with Gasteiger partial charge in [-0.05, 0) is 12.5 Å². The van der Waals surface area contributed by atoms with Gasteiger partial charge in [0.05, 0.1) is 12.7 Å². The number of carbonyl (C=O) groups is 1. The Balaban J connectivity index is 2.59. The highest BCUT2D eigenvalue weighted by atomic mass is 16.4. The Morgan fingerprint density at radius 3 is 3.00 bits per heavy atom. The molecule has 1 heterocycles. The fraction of sp³-hybridized carbons (Fsp3) is 0.182. The van der Waals surface area contributed by atoms with E-state index in [0.717, 1.165) is 16.5 Å². The minimum Gasteiger partial charge on any atom is -0.481 e. The highest BCUT2D eigenvalue weighted by molar-refractivity contribution is 5.86. The Bertz CT molecular complexity index is 482. The lowest BCUT2D eigenvalue weighted by atomic mass is 10.1. The van der Waals surface area contributed by atoms with E-state index in [-0.39, 0.29) is 6.42 Å². The van der Waals surface area contributed by atoms with Crippen LogP contribution in [-0.2, 0) is 11.2 Å². The van der Waals surface area contributed by atoms with Crippen molar-refractivity contribution >= 4 is 16.9 Å². The number of benzene rings is 1. The van der Waals surface area contributed by atoms with Crippen LogP contribution in [0.25, 0.3) is 11.0 Å². The third kappa shape index (κ3) is 1.37. The normalized spacial score (nSPS) is 10.6. The van der Waals surface area contributed by atoms with Gasteiger partial charge in [-0.25, -0.2) is 0 Å². The van der Waals surface area contributed by atoms with Crippen LogP contribution in [0.5, 0.6) is 0 Å². The van der Waals surface area contributed by atoms with E-state index in [1.165, 1.54) is 0 Å². The van der Waals surface area contributed by atoms with Crippen LogP contribution >= 0.6 is 0 Å². The van der Waals surface area contributed by atoms with E-state index in [4.69, 9.17) is 9.52 Å². The van der Waals surface area contributed by atoms with Gasteiger partial charge in [-0.3, -0.25) is 4.79 Å². The maximum atomic E-state index is 10.6. The summed E-state index contributed by atoms with van der Waals surface area (Å²) in [6.45, 7) is 1.94. The van der Waals surface area contributed by atoms with Crippen LogP contribution < -0.4 is 0 Å². The zero-order valence-electron chi connectivity index (χ0n) is 7.78. The average Bonchev–Trinajstić information content (AvgIpc) is 2.49. The Hall–Kier alpha value is -1.77. The first kappa shape index (κ1) is 8.81. The number of hydrogen-bond donors (Lipinski definition) is 1. The number of para-hydroxylation sites is 1. The zero-order valence-corrected chi connectivity index (χ0v) is 7.78. The van der Waals surface area contributed by atoms with Gasteiger partial charge in [-0.2, -0.15) is 0 Å². The van der Waals surface area contributed by atoms with Gasteiger partial charge in [0, 0.05) is 10.9 Å². The second-order valence-corrected chi connectivity index (χ2v) is 3.28. The third-order valence-corrected chi connectivity index (χ3v) is 2.22. The van der Waals surface area contributed by atoms with Gasteiger partial charge in [-0.1, -0.05) is 18.2 Å². The molecule has 0 radical (unpaired) electrons. The minimum absolute atomic E-state index is 0.00426. The van der Waals surface area contributed by atoms with E-state index in [2.05, 4.69) is 0 Å². The zero-order chi connectivity index (χ0) is 10.1. The van der Waals surface area contributed by atoms with Gasteiger partial charge in [0.2, 0.25) is 0 Å². The molecule has 0 amide bonds. The lowest BCUT2D eigenvalue weighted by Crippen LogP contribution is -1.99. The fourth-order valence-corrected chi connectivity index (χ4v) is 1.55. The van der Waals surface area contributed by atoms with Crippen molar-refractivity contribution in [1.29, 1.82) is 0 Å². The quantitative estimate of drug-likeness (QED) is 0.790. The summed E-state index contributed by atoms with van der Waals surface area (Å²) in [4.78, 5) is 10.6. The number of aryl methyl sites for hydroxylation is 1. The van der Waals surface area contributed by atoms with Gasteiger partial charge in [0.1, 0.15) is 5.58 Å². The lowest BCUT2D eigenvalue weighted by molar-refractivity contribution is -0.136. The monoisotopic (exact) mass is 190 g/mol. The smallest absolute Gasteiger partial charge is 0.307 e. The van der Waals surface area contributed by atoms with E-state index < -0.39 is 5.97 Å². The number of carboxylic acid groups (broad SMARTS) is 1. The molecule has 0 spiro atoms. The SMILES string of the molecule is Cc1coc2c(CC(=O)O)cccc12. The van der Waals surface area contributed by atoms with Gasteiger partial charge >= 0.3 is 5.97 Å². The molecule has 2 rings (SSSR count). The second kappa shape index (κ2) is 3.18. The number of fused-ring (bicyclic) bond motifs is 1. The lowest BCUT2D eigenvalue weighted by Gasteiger charge is -1.97. The van der Waals surface area contributed by atoms with Crippen LogP contribution in [0.1, 0.15) is 11.1 Å². The maximum absolute atomic E-state index is 10.6. The first-order valence-electron chi connectivity index (χ1n) is 4.36.